The summed E-state index contributed by atoms with van der Waals surface area (Å²) < 4.78 is 11.1. The molecule has 4 heteroatoms. The van der Waals surface area contributed by atoms with Gasteiger partial charge in [0.15, 0.2) is 5.58 Å². The van der Waals surface area contributed by atoms with Crippen LogP contribution < -0.4 is 5.56 Å². The number of benzene rings is 9. The summed E-state index contributed by atoms with van der Waals surface area (Å²) in [5, 5.41) is 9.38. The fraction of sp³-hybridized carbons (Fsp3) is 0. The van der Waals surface area contributed by atoms with Crippen LogP contribution in [0, 0.1) is 0 Å². The van der Waals surface area contributed by atoms with E-state index in [4.69, 9.17) is 4.42 Å². The quantitative estimate of drug-likeness (QED) is 0.168. The maximum atomic E-state index is 14.5. The van der Waals surface area contributed by atoms with Gasteiger partial charge in [0, 0.05) is 43.1 Å². The van der Waals surface area contributed by atoms with Gasteiger partial charge in [0.05, 0.1) is 27.8 Å². The molecule has 4 nitrogen and oxygen atoms in total. The second kappa shape index (κ2) is 12.0. The molecule has 274 valence electrons. The molecule has 4 heterocycles. The number of aromatic nitrogens is 2. The number of pyridine rings is 1. The van der Waals surface area contributed by atoms with Gasteiger partial charge in [-0.3, -0.25) is 9.20 Å². The summed E-state index contributed by atoms with van der Waals surface area (Å²) >= 11 is 0. The molecule has 0 saturated carbocycles. The Morgan fingerprint density at radius 1 is 0.339 bits per heavy atom. The van der Waals surface area contributed by atoms with E-state index in [-0.39, 0.29) is 5.56 Å². The van der Waals surface area contributed by atoms with Gasteiger partial charge in [-0.25, -0.2) is 0 Å². The van der Waals surface area contributed by atoms with Gasteiger partial charge in [-0.05, 0) is 99.4 Å². The predicted molar refractivity (Wildman–Crippen MR) is 245 cm³/mol. The fourth-order valence-corrected chi connectivity index (χ4v) is 9.75. The summed E-state index contributed by atoms with van der Waals surface area (Å²) in [5.41, 5.74) is 13.5. The maximum Gasteiger partial charge on any atom is 0.263 e. The largest absolute Gasteiger partial charge is 0.454 e. The number of para-hydroxylation sites is 3. The molecule has 0 aliphatic rings. The molecule has 0 aliphatic heterocycles. The minimum Gasteiger partial charge on any atom is -0.454 e. The van der Waals surface area contributed by atoms with Crippen LogP contribution in [0.3, 0.4) is 0 Å². The number of rotatable bonds is 4. The van der Waals surface area contributed by atoms with Crippen molar-refractivity contribution in [2.24, 2.45) is 0 Å². The SMILES string of the molecule is O=c1c2ccc(-c3ccccc3)cc2c2cccc3c4cc(-c5cc(-n6c7ccccc7c7cc(-c8ccccc8)ccc76)c6oc7ccccc7c6c5)ccc4n1c23. The molecule has 0 unspecified atom stereocenters. The molecule has 0 amide bonds. The highest BCUT2D eigenvalue weighted by atomic mass is 16.3. The lowest BCUT2D eigenvalue weighted by Gasteiger charge is -2.12. The van der Waals surface area contributed by atoms with Crippen LogP contribution in [-0.2, 0) is 0 Å². The average molecular weight is 753 g/mol. The summed E-state index contributed by atoms with van der Waals surface area (Å²) in [6.07, 6.45) is 0. The monoisotopic (exact) mass is 752 g/mol. The number of hydrogen-bond donors (Lipinski definition) is 0. The Bertz CT molecular complexity index is 3910. The van der Waals surface area contributed by atoms with Crippen LogP contribution in [0.2, 0.25) is 0 Å². The molecule has 0 aliphatic carbocycles. The van der Waals surface area contributed by atoms with Crippen molar-refractivity contribution in [3.63, 3.8) is 0 Å². The summed E-state index contributed by atoms with van der Waals surface area (Å²) in [6.45, 7) is 0. The van der Waals surface area contributed by atoms with E-state index in [2.05, 4.69) is 180 Å². The summed E-state index contributed by atoms with van der Waals surface area (Å²) in [4.78, 5) is 14.5. The Morgan fingerprint density at radius 2 is 0.881 bits per heavy atom. The van der Waals surface area contributed by atoms with Crippen molar-refractivity contribution in [1.29, 1.82) is 0 Å². The fourth-order valence-electron chi connectivity index (χ4n) is 9.75. The molecule has 13 aromatic rings. The van der Waals surface area contributed by atoms with Crippen molar-refractivity contribution in [1.82, 2.24) is 8.97 Å². The van der Waals surface area contributed by atoms with Crippen molar-refractivity contribution in [2.75, 3.05) is 0 Å². The Labute approximate surface area is 337 Å². The molecule has 0 N–H and O–H groups in total. The Hall–Kier alpha value is -7.95. The van der Waals surface area contributed by atoms with E-state index in [9.17, 15) is 4.79 Å². The molecular formula is C55H32N2O2. The molecule has 0 saturated heterocycles. The highest BCUT2D eigenvalue weighted by Crippen LogP contribution is 2.43. The highest BCUT2D eigenvalue weighted by Gasteiger charge is 2.22. The average Bonchev–Trinajstić information content (AvgIpc) is 3.96. The highest BCUT2D eigenvalue weighted by molar-refractivity contribution is 6.21. The first-order chi connectivity index (χ1) is 29.2. The van der Waals surface area contributed by atoms with Crippen LogP contribution in [0.5, 0.6) is 0 Å². The second-order valence-corrected chi connectivity index (χ2v) is 15.6. The molecule has 0 radical (unpaired) electrons. The van der Waals surface area contributed by atoms with Crippen LogP contribution in [0.25, 0.3) is 121 Å². The van der Waals surface area contributed by atoms with Crippen LogP contribution in [-0.4, -0.2) is 8.97 Å². The summed E-state index contributed by atoms with van der Waals surface area (Å²) in [5.74, 6) is 0. The van der Waals surface area contributed by atoms with E-state index in [0.717, 1.165) is 98.9 Å². The predicted octanol–water partition coefficient (Wildman–Crippen LogP) is 14.2. The maximum absolute atomic E-state index is 14.5. The topological polar surface area (TPSA) is 39.5 Å². The van der Waals surface area contributed by atoms with Crippen molar-refractivity contribution in [2.45, 2.75) is 0 Å². The van der Waals surface area contributed by atoms with Crippen molar-refractivity contribution < 1.29 is 4.42 Å². The molecule has 13 rings (SSSR count). The van der Waals surface area contributed by atoms with Gasteiger partial charge in [0.1, 0.15) is 5.58 Å². The van der Waals surface area contributed by atoms with Gasteiger partial charge in [-0.15, -0.1) is 0 Å². The summed E-state index contributed by atoms with van der Waals surface area (Å²) in [7, 11) is 0. The lowest BCUT2D eigenvalue weighted by molar-refractivity contribution is 0.666. The van der Waals surface area contributed by atoms with E-state index in [1.807, 2.05) is 22.6 Å². The molecule has 0 fully saturated rings. The smallest absolute Gasteiger partial charge is 0.263 e. The molecule has 0 spiro atoms. The van der Waals surface area contributed by atoms with Crippen molar-refractivity contribution in [3.05, 3.63) is 204 Å². The minimum absolute atomic E-state index is 0.00132. The van der Waals surface area contributed by atoms with Gasteiger partial charge >= 0.3 is 0 Å². The zero-order valence-electron chi connectivity index (χ0n) is 31.7. The minimum atomic E-state index is 0.00132. The van der Waals surface area contributed by atoms with E-state index >= 15 is 0 Å². The third-order valence-corrected chi connectivity index (χ3v) is 12.5. The van der Waals surface area contributed by atoms with Crippen LogP contribution in [0.1, 0.15) is 0 Å². The van der Waals surface area contributed by atoms with Crippen LogP contribution >= 0.6 is 0 Å². The molecule has 9 aromatic carbocycles. The van der Waals surface area contributed by atoms with Crippen LogP contribution in [0.15, 0.2) is 203 Å². The molecular weight excluding hydrogens is 721 g/mol. The first-order valence-corrected chi connectivity index (χ1v) is 20.0. The standard InChI is InChI=1S/C55H32N2O2/c58-55-43-25-22-35(33-12-3-1-4-13-33)28-44(43)41-18-11-19-42-46-30-37(24-27-50(46)57(55)53(41)42)38-31-47-40-17-8-10-21-52(40)59-54(47)51(32-38)56-48-20-9-7-16-39(48)45-29-36(23-26-49(45)56)34-14-5-2-6-15-34/h1-32H. The number of nitrogens with zero attached hydrogens (tertiary/aromatic N) is 2. The first-order valence-electron chi connectivity index (χ1n) is 20.0. The first kappa shape index (κ1) is 32.2. The zero-order valence-corrected chi connectivity index (χ0v) is 31.7. The van der Waals surface area contributed by atoms with E-state index < -0.39 is 0 Å². The Balaban J connectivity index is 1.07. The van der Waals surface area contributed by atoms with Gasteiger partial charge in [0.2, 0.25) is 0 Å². The number of fused-ring (bicyclic) bond motifs is 11. The number of furan rings is 1. The summed E-state index contributed by atoms with van der Waals surface area (Å²) in [6, 6.07) is 68.4. The van der Waals surface area contributed by atoms with Gasteiger partial charge < -0.3 is 8.98 Å². The third-order valence-electron chi connectivity index (χ3n) is 12.5. The van der Waals surface area contributed by atoms with Crippen molar-refractivity contribution >= 4 is 81.7 Å². The zero-order chi connectivity index (χ0) is 38.8. The molecule has 4 aromatic heterocycles. The van der Waals surface area contributed by atoms with E-state index in [0.29, 0.717) is 0 Å². The van der Waals surface area contributed by atoms with Gasteiger partial charge in [-0.1, -0.05) is 133 Å². The lowest BCUT2D eigenvalue weighted by Crippen LogP contribution is -2.12. The molecule has 0 bridgehead atoms. The Kier molecular flexibility index (Phi) is 6.56. The van der Waals surface area contributed by atoms with Gasteiger partial charge in [0.25, 0.3) is 5.56 Å². The third kappa shape index (κ3) is 4.57. The van der Waals surface area contributed by atoms with E-state index in [1.54, 1.807) is 0 Å². The van der Waals surface area contributed by atoms with Crippen LogP contribution in [0.4, 0.5) is 0 Å². The lowest BCUT2D eigenvalue weighted by atomic mass is 9.98. The van der Waals surface area contributed by atoms with Gasteiger partial charge in [-0.2, -0.15) is 0 Å². The Morgan fingerprint density at radius 3 is 1.64 bits per heavy atom. The normalized spacial score (nSPS) is 12.1. The van der Waals surface area contributed by atoms with E-state index in [1.165, 1.54) is 21.9 Å². The molecule has 0 atom stereocenters. The second-order valence-electron chi connectivity index (χ2n) is 15.6. The van der Waals surface area contributed by atoms with Crippen molar-refractivity contribution in [3.8, 4) is 39.1 Å². The molecule has 59 heavy (non-hydrogen) atoms. The number of hydrogen-bond acceptors (Lipinski definition) is 2.